The van der Waals surface area contributed by atoms with Crippen molar-refractivity contribution in [3.8, 4) is 0 Å². The zero-order chi connectivity index (χ0) is 16.4. The van der Waals surface area contributed by atoms with Crippen LogP contribution in [0, 0.1) is 13.8 Å². The summed E-state index contributed by atoms with van der Waals surface area (Å²) in [7, 11) is 1.99. The molecular formula is C18H21N5. The first-order chi connectivity index (χ1) is 11.0. The van der Waals surface area contributed by atoms with Crippen molar-refractivity contribution in [1.82, 2.24) is 9.55 Å². The first-order valence-electron chi connectivity index (χ1n) is 7.59. The van der Waals surface area contributed by atoms with Gasteiger partial charge in [-0.05, 0) is 49.2 Å². The van der Waals surface area contributed by atoms with Crippen LogP contribution in [0.3, 0.4) is 0 Å². The summed E-state index contributed by atoms with van der Waals surface area (Å²) in [5, 5.41) is 3.12. The summed E-state index contributed by atoms with van der Waals surface area (Å²) in [6.45, 7) is 4.60. The van der Waals surface area contributed by atoms with E-state index in [0.717, 1.165) is 22.5 Å². The van der Waals surface area contributed by atoms with Crippen molar-refractivity contribution in [3.05, 3.63) is 59.4 Å². The van der Waals surface area contributed by atoms with E-state index in [4.69, 9.17) is 5.73 Å². The van der Waals surface area contributed by atoms with Crippen LogP contribution in [-0.2, 0) is 13.6 Å². The fourth-order valence-electron chi connectivity index (χ4n) is 2.50. The Balaban J connectivity index is 1.75. The van der Waals surface area contributed by atoms with Gasteiger partial charge in [-0.1, -0.05) is 18.2 Å². The summed E-state index contributed by atoms with van der Waals surface area (Å²) in [6.07, 6.45) is 0. The minimum Gasteiger partial charge on any atom is -0.370 e. The van der Waals surface area contributed by atoms with Gasteiger partial charge in [0.25, 0.3) is 0 Å². The molecule has 0 radical (unpaired) electrons. The van der Waals surface area contributed by atoms with Crippen LogP contribution in [0.25, 0.3) is 11.0 Å². The lowest BCUT2D eigenvalue weighted by Gasteiger charge is -2.08. The molecule has 5 nitrogen and oxygen atoms in total. The van der Waals surface area contributed by atoms with Crippen molar-refractivity contribution in [2.75, 3.05) is 5.32 Å². The number of nitrogens with zero attached hydrogens (tertiary/aromatic N) is 3. The Morgan fingerprint density at radius 3 is 2.70 bits per heavy atom. The highest BCUT2D eigenvalue weighted by atomic mass is 15.1. The number of hydrogen-bond donors (Lipinski definition) is 2. The molecule has 5 heteroatoms. The molecule has 0 unspecified atom stereocenters. The van der Waals surface area contributed by atoms with Crippen LogP contribution in [0.5, 0.6) is 0 Å². The topological polar surface area (TPSA) is 68.2 Å². The summed E-state index contributed by atoms with van der Waals surface area (Å²) in [6, 6.07) is 14.2. The molecule has 0 saturated carbocycles. The van der Waals surface area contributed by atoms with E-state index in [-0.39, 0.29) is 0 Å². The second-order valence-electron chi connectivity index (χ2n) is 5.70. The molecule has 1 heterocycles. The van der Waals surface area contributed by atoms with Gasteiger partial charge in [-0.25, -0.2) is 9.98 Å². The third-order valence-electron chi connectivity index (χ3n) is 4.05. The lowest BCUT2D eigenvalue weighted by Crippen LogP contribution is -2.22. The number of aryl methyl sites for hydroxylation is 3. The van der Waals surface area contributed by atoms with Gasteiger partial charge < -0.3 is 15.6 Å². The molecule has 0 atom stereocenters. The quantitative estimate of drug-likeness (QED) is 0.577. The van der Waals surface area contributed by atoms with Crippen molar-refractivity contribution in [3.63, 3.8) is 0 Å². The second kappa shape index (κ2) is 6.12. The molecule has 0 amide bonds. The van der Waals surface area contributed by atoms with Crippen LogP contribution in [-0.4, -0.2) is 15.5 Å². The van der Waals surface area contributed by atoms with Crippen molar-refractivity contribution in [2.45, 2.75) is 20.4 Å². The van der Waals surface area contributed by atoms with Gasteiger partial charge in [-0.3, -0.25) is 0 Å². The number of imidazole rings is 1. The molecule has 0 aliphatic rings. The van der Waals surface area contributed by atoms with Crippen LogP contribution < -0.4 is 11.1 Å². The number of hydrogen-bond acceptors (Lipinski definition) is 2. The predicted molar refractivity (Wildman–Crippen MR) is 95.6 cm³/mol. The third-order valence-corrected chi connectivity index (χ3v) is 4.05. The molecule has 1 aromatic heterocycles. The minimum atomic E-state index is 0.389. The molecule has 0 saturated heterocycles. The zero-order valence-electron chi connectivity index (χ0n) is 13.7. The molecule has 3 rings (SSSR count). The summed E-state index contributed by atoms with van der Waals surface area (Å²) in [5.41, 5.74) is 11.5. The molecule has 118 valence electrons. The normalized spacial score (nSPS) is 11.9. The first-order valence-corrected chi connectivity index (χ1v) is 7.59. The van der Waals surface area contributed by atoms with E-state index in [1.807, 2.05) is 41.9 Å². The van der Waals surface area contributed by atoms with Gasteiger partial charge >= 0.3 is 0 Å². The number of benzene rings is 2. The van der Waals surface area contributed by atoms with E-state index in [0.29, 0.717) is 12.5 Å². The third kappa shape index (κ3) is 3.18. The molecule has 0 spiro atoms. The van der Waals surface area contributed by atoms with Crippen LogP contribution >= 0.6 is 0 Å². The number of nitrogens with one attached hydrogen (secondary N) is 1. The van der Waals surface area contributed by atoms with E-state index in [2.05, 4.69) is 41.3 Å². The van der Waals surface area contributed by atoms with E-state index in [1.54, 1.807) is 0 Å². The number of anilines is 1. The van der Waals surface area contributed by atoms with E-state index in [9.17, 15) is 0 Å². The maximum atomic E-state index is 5.99. The lowest BCUT2D eigenvalue weighted by molar-refractivity contribution is 0.812. The molecule has 3 N–H and O–H groups in total. The Hall–Kier alpha value is -2.82. The van der Waals surface area contributed by atoms with E-state index < -0.39 is 0 Å². The number of aromatic nitrogens is 2. The lowest BCUT2D eigenvalue weighted by atomic mass is 10.1. The van der Waals surface area contributed by atoms with Crippen molar-refractivity contribution < 1.29 is 0 Å². The number of para-hydroxylation sites is 2. The maximum Gasteiger partial charge on any atom is 0.193 e. The van der Waals surface area contributed by atoms with Crippen LogP contribution in [0.4, 0.5) is 5.69 Å². The summed E-state index contributed by atoms with van der Waals surface area (Å²) in [5.74, 6) is 1.27. The largest absolute Gasteiger partial charge is 0.370 e. The molecule has 23 heavy (non-hydrogen) atoms. The predicted octanol–water partition coefficient (Wildman–Crippen LogP) is 3.12. The van der Waals surface area contributed by atoms with Gasteiger partial charge in [0, 0.05) is 12.7 Å². The highest BCUT2D eigenvalue weighted by molar-refractivity contribution is 5.92. The Morgan fingerprint density at radius 1 is 1.17 bits per heavy atom. The SMILES string of the molecule is Cc1ccc(NC(N)=NCc2nc3ccccc3n2C)cc1C. The molecular weight excluding hydrogens is 286 g/mol. The van der Waals surface area contributed by atoms with Crippen LogP contribution in [0.2, 0.25) is 0 Å². The molecule has 2 aromatic carbocycles. The highest BCUT2D eigenvalue weighted by Crippen LogP contribution is 2.15. The average molecular weight is 307 g/mol. The first kappa shape index (κ1) is 15.1. The smallest absolute Gasteiger partial charge is 0.193 e. The maximum absolute atomic E-state index is 5.99. The number of fused-ring (bicyclic) bond motifs is 1. The standard InChI is InChI=1S/C18H21N5/c1-12-8-9-14(10-13(12)2)21-18(19)20-11-17-22-15-6-4-5-7-16(15)23(17)3/h4-10H,11H2,1-3H3,(H3,19,20,21). The number of guanidine groups is 1. The fraction of sp³-hybridized carbons (Fsp3) is 0.222. The molecule has 3 aromatic rings. The number of aliphatic imine (C=N–C) groups is 1. The number of nitrogens with two attached hydrogens (primary N) is 1. The summed E-state index contributed by atoms with van der Waals surface area (Å²) < 4.78 is 2.04. The van der Waals surface area contributed by atoms with Gasteiger partial charge in [0.2, 0.25) is 0 Å². The Kier molecular flexibility index (Phi) is 4.02. The summed E-state index contributed by atoms with van der Waals surface area (Å²) >= 11 is 0. The fourth-order valence-corrected chi connectivity index (χ4v) is 2.50. The zero-order valence-corrected chi connectivity index (χ0v) is 13.7. The van der Waals surface area contributed by atoms with E-state index >= 15 is 0 Å². The molecule has 0 bridgehead atoms. The van der Waals surface area contributed by atoms with Crippen molar-refractivity contribution in [1.29, 1.82) is 0 Å². The van der Waals surface area contributed by atoms with Gasteiger partial charge in [0.1, 0.15) is 12.4 Å². The molecule has 0 fully saturated rings. The van der Waals surface area contributed by atoms with Crippen LogP contribution in [0.15, 0.2) is 47.5 Å². The van der Waals surface area contributed by atoms with E-state index in [1.165, 1.54) is 11.1 Å². The number of rotatable bonds is 3. The Bertz CT molecular complexity index is 876. The van der Waals surface area contributed by atoms with Crippen molar-refractivity contribution >= 4 is 22.7 Å². The van der Waals surface area contributed by atoms with Gasteiger partial charge in [-0.2, -0.15) is 0 Å². The van der Waals surface area contributed by atoms with Gasteiger partial charge in [-0.15, -0.1) is 0 Å². The minimum absolute atomic E-state index is 0.389. The van der Waals surface area contributed by atoms with Gasteiger partial charge in [0.15, 0.2) is 5.96 Å². The Labute approximate surface area is 135 Å². The monoisotopic (exact) mass is 307 g/mol. The highest BCUT2D eigenvalue weighted by Gasteiger charge is 2.06. The average Bonchev–Trinajstić information content (AvgIpc) is 2.86. The molecule has 0 aliphatic carbocycles. The second-order valence-corrected chi connectivity index (χ2v) is 5.70. The van der Waals surface area contributed by atoms with Crippen molar-refractivity contribution in [2.24, 2.45) is 17.8 Å². The molecule has 0 aliphatic heterocycles. The van der Waals surface area contributed by atoms with Gasteiger partial charge in [0.05, 0.1) is 11.0 Å². The summed E-state index contributed by atoms with van der Waals surface area (Å²) in [4.78, 5) is 8.99. The Morgan fingerprint density at radius 2 is 1.96 bits per heavy atom. The van der Waals surface area contributed by atoms with Crippen LogP contribution in [0.1, 0.15) is 17.0 Å².